The van der Waals surface area contributed by atoms with E-state index >= 15 is 0 Å². The average molecular weight is 362 g/mol. The molecule has 0 bridgehead atoms. The Balaban J connectivity index is 1.75. The van der Waals surface area contributed by atoms with Crippen molar-refractivity contribution in [3.05, 3.63) is 41.0 Å². The summed E-state index contributed by atoms with van der Waals surface area (Å²) in [7, 11) is 0. The zero-order valence-electron chi connectivity index (χ0n) is 14.3. The van der Waals surface area contributed by atoms with E-state index < -0.39 is 11.9 Å². The van der Waals surface area contributed by atoms with Gasteiger partial charge in [-0.15, -0.1) is 0 Å². The quantitative estimate of drug-likeness (QED) is 0.904. The van der Waals surface area contributed by atoms with Gasteiger partial charge in [0.1, 0.15) is 29.7 Å². The number of hydrogen-bond donors (Lipinski definition) is 1. The maximum Gasteiger partial charge on any atom is 0.433 e. The number of halogens is 3. The number of nitriles is 1. The van der Waals surface area contributed by atoms with E-state index in [4.69, 9.17) is 0 Å². The maximum absolute atomic E-state index is 12.8. The molecule has 0 radical (unpaired) electrons. The number of pyridine rings is 1. The number of hydrogen-bond acceptors (Lipinski definition) is 6. The third-order valence-corrected chi connectivity index (χ3v) is 4.23. The lowest BCUT2D eigenvalue weighted by Gasteiger charge is -2.20. The van der Waals surface area contributed by atoms with Gasteiger partial charge in [-0.05, 0) is 31.9 Å². The molecule has 0 aliphatic carbocycles. The van der Waals surface area contributed by atoms with Gasteiger partial charge in [0, 0.05) is 30.9 Å². The molecule has 1 N–H and O–H groups in total. The average Bonchev–Trinajstić information content (AvgIpc) is 3.02. The summed E-state index contributed by atoms with van der Waals surface area (Å²) in [5, 5.41) is 12.4. The molecule has 1 atom stereocenters. The molecule has 0 amide bonds. The van der Waals surface area contributed by atoms with Gasteiger partial charge in [-0.1, -0.05) is 0 Å². The van der Waals surface area contributed by atoms with Crippen molar-refractivity contribution < 1.29 is 13.2 Å². The topological polar surface area (TPSA) is 77.7 Å². The number of rotatable bonds is 3. The second kappa shape index (κ2) is 6.78. The predicted octanol–water partition coefficient (Wildman–Crippen LogP) is 3.07. The van der Waals surface area contributed by atoms with Crippen LogP contribution < -0.4 is 10.2 Å². The number of aryl methyl sites for hydroxylation is 2. The summed E-state index contributed by atoms with van der Waals surface area (Å²) in [6.07, 6.45) is -2.91. The van der Waals surface area contributed by atoms with Crippen molar-refractivity contribution in [3.8, 4) is 6.07 Å². The normalized spacial score (nSPS) is 17.2. The summed E-state index contributed by atoms with van der Waals surface area (Å²) < 4.78 is 38.3. The fourth-order valence-electron chi connectivity index (χ4n) is 3.05. The van der Waals surface area contributed by atoms with Gasteiger partial charge in [-0.2, -0.15) is 18.4 Å². The predicted molar refractivity (Wildman–Crippen MR) is 89.7 cm³/mol. The molecular formula is C17H17F3N6. The lowest BCUT2D eigenvalue weighted by atomic mass is 10.1. The van der Waals surface area contributed by atoms with Crippen LogP contribution in [-0.4, -0.2) is 34.1 Å². The van der Waals surface area contributed by atoms with E-state index in [2.05, 4.69) is 26.3 Å². The van der Waals surface area contributed by atoms with Crippen LogP contribution in [-0.2, 0) is 6.18 Å². The fourth-order valence-corrected chi connectivity index (χ4v) is 3.05. The highest BCUT2D eigenvalue weighted by atomic mass is 19.4. The highest BCUT2D eigenvalue weighted by Crippen LogP contribution is 2.29. The number of anilines is 2. The minimum absolute atomic E-state index is 0.0971. The smallest absolute Gasteiger partial charge is 0.365 e. The molecule has 6 nitrogen and oxygen atoms in total. The summed E-state index contributed by atoms with van der Waals surface area (Å²) in [6.45, 7) is 4.90. The first-order valence-corrected chi connectivity index (χ1v) is 8.07. The number of alkyl halides is 3. The van der Waals surface area contributed by atoms with Crippen molar-refractivity contribution in [2.75, 3.05) is 23.3 Å². The van der Waals surface area contributed by atoms with Gasteiger partial charge in [-0.25, -0.2) is 15.0 Å². The van der Waals surface area contributed by atoms with Crippen molar-refractivity contribution in [1.29, 1.82) is 5.26 Å². The molecule has 2 aromatic rings. The third kappa shape index (κ3) is 3.69. The standard InChI is InChI=1S/C17H17F3N6/c1-10-5-11(2)24-16(13(10)7-21)26-4-3-12(8-26)25-15-6-14(17(18,19)20)22-9-23-15/h5-6,9,12H,3-4,8H2,1-2H3,(H,22,23,25). The molecule has 26 heavy (non-hydrogen) atoms. The Labute approximate surface area is 148 Å². The first-order chi connectivity index (χ1) is 12.3. The molecule has 1 fully saturated rings. The summed E-state index contributed by atoms with van der Waals surface area (Å²) in [5.74, 6) is 0.751. The first-order valence-electron chi connectivity index (χ1n) is 8.07. The Morgan fingerprint density at radius 3 is 2.73 bits per heavy atom. The molecule has 2 aromatic heterocycles. The lowest BCUT2D eigenvalue weighted by molar-refractivity contribution is -0.141. The van der Waals surface area contributed by atoms with Gasteiger partial charge in [0.15, 0.2) is 0 Å². The number of aromatic nitrogens is 3. The van der Waals surface area contributed by atoms with E-state index in [9.17, 15) is 18.4 Å². The Kier molecular flexibility index (Phi) is 4.68. The van der Waals surface area contributed by atoms with Gasteiger partial charge in [-0.3, -0.25) is 0 Å². The van der Waals surface area contributed by atoms with Crippen LogP contribution in [0, 0.1) is 25.2 Å². The van der Waals surface area contributed by atoms with Crippen LogP contribution in [0.5, 0.6) is 0 Å². The van der Waals surface area contributed by atoms with E-state index in [0.29, 0.717) is 30.9 Å². The van der Waals surface area contributed by atoms with Gasteiger partial charge in [0.25, 0.3) is 0 Å². The SMILES string of the molecule is Cc1cc(C)c(C#N)c(N2CCC(Nc3cc(C(F)(F)F)ncn3)C2)n1. The third-order valence-electron chi connectivity index (χ3n) is 4.23. The molecule has 3 heterocycles. The molecule has 0 saturated carbocycles. The zero-order chi connectivity index (χ0) is 18.9. The maximum atomic E-state index is 12.8. The van der Waals surface area contributed by atoms with Crippen molar-refractivity contribution in [2.45, 2.75) is 32.5 Å². The molecule has 1 aliphatic heterocycles. The largest absolute Gasteiger partial charge is 0.433 e. The molecule has 3 rings (SSSR count). The van der Waals surface area contributed by atoms with Crippen molar-refractivity contribution in [1.82, 2.24) is 15.0 Å². The molecule has 1 unspecified atom stereocenters. The molecule has 1 saturated heterocycles. The van der Waals surface area contributed by atoms with Gasteiger partial charge < -0.3 is 10.2 Å². The highest BCUT2D eigenvalue weighted by molar-refractivity contribution is 5.59. The van der Waals surface area contributed by atoms with E-state index in [-0.39, 0.29) is 11.9 Å². The van der Waals surface area contributed by atoms with Gasteiger partial charge in [0.2, 0.25) is 0 Å². The van der Waals surface area contributed by atoms with Crippen LogP contribution in [0.15, 0.2) is 18.5 Å². The second-order valence-corrected chi connectivity index (χ2v) is 6.25. The molecule has 0 aromatic carbocycles. The zero-order valence-corrected chi connectivity index (χ0v) is 14.3. The van der Waals surface area contributed by atoms with E-state index in [1.807, 2.05) is 24.8 Å². The Morgan fingerprint density at radius 1 is 1.27 bits per heavy atom. The van der Waals surface area contributed by atoms with Crippen LogP contribution in [0.2, 0.25) is 0 Å². The second-order valence-electron chi connectivity index (χ2n) is 6.25. The van der Waals surface area contributed by atoms with Gasteiger partial charge in [0.05, 0.1) is 5.56 Å². The van der Waals surface area contributed by atoms with E-state index in [1.54, 1.807) is 0 Å². The van der Waals surface area contributed by atoms with E-state index in [1.165, 1.54) is 0 Å². The monoisotopic (exact) mass is 362 g/mol. The van der Waals surface area contributed by atoms with Crippen LogP contribution >= 0.6 is 0 Å². The minimum Gasteiger partial charge on any atom is -0.365 e. The molecule has 1 aliphatic rings. The summed E-state index contributed by atoms with van der Waals surface area (Å²) in [4.78, 5) is 13.6. The highest BCUT2D eigenvalue weighted by Gasteiger charge is 2.33. The minimum atomic E-state index is -4.51. The van der Waals surface area contributed by atoms with Crippen molar-refractivity contribution >= 4 is 11.6 Å². The summed E-state index contributed by atoms with van der Waals surface area (Å²) >= 11 is 0. The van der Waals surface area contributed by atoms with Gasteiger partial charge >= 0.3 is 6.18 Å². The fraction of sp³-hybridized carbons (Fsp3) is 0.412. The Bertz CT molecular complexity index is 859. The lowest BCUT2D eigenvalue weighted by Crippen LogP contribution is -2.28. The van der Waals surface area contributed by atoms with Crippen molar-refractivity contribution in [3.63, 3.8) is 0 Å². The molecule has 0 spiro atoms. The Hall–Kier alpha value is -2.89. The molecule has 136 valence electrons. The molecular weight excluding hydrogens is 345 g/mol. The summed E-state index contributed by atoms with van der Waals surface area (Å²) in [5.41, 5.74) is 1.22. The number of nitrogens with zero attached hydrogens (tertiary/aromatic N) is 5. The van der Waals surface area contributed by atoms with Crippen molar-refractivity contribution in [2.24, 2.45) is 0 Å². The Morgan fingerprint density at radius 2 is 2.04 bits per heavy atom. The van der Waals surface area contributed by atoms with Crippen LogP contribution in [0.1, 0.15) is 28.9 Å². The van der Waals surface area contributed by atoms with Crippen LogP contribution in [0.25, 0.3) is 0 Å². The number of nitrogens with one attached hydrogen (secondary N) is 1. The molecule has 9 heteroatoms. The summed E-state index contributed by atoms with van der Waals surface area (Å²) in [6, 6.07) is 4.85. The first kappa shape index (κ1) is 17.9. The van der Waals surface area contributed by atoms with E-state index in [0.717, 1.165) is 23.7 Å². The van der Waals surface area contributed by atoms with Crippen LogP contribution in [0.3, 0.4) is 0 Å². The van der Waals surface area contributed by atoms with Crippen LogP contribution in [0.4, 0.5) is 24.8 Å².